The van der Waals surface area contributed by atoms with Crippen LogP contribution in [0.25, 0.3) is 11.0 Å². The molecule has 26 heavy (non-hydrogen) atoms. The summed E-state index contributed by atoms with van der Waals surface area (Å²) in [5.41, 5.74) is 1.27. The van der Waals surface area contributed by atoms with Gasteiger partial charge in [0.25, 0.3) is 0 Å². The van der Waals surface area contributed by atoms with Gasteiger partial charge in [0.1, 0.15) is 16.9 Å². The molecule has 0 amide bonds. The molecule has 2 aromatic carbocycles. The lowest BCUT2D eigenvalue weighted by Crippen LogP contribution is -2.21. The smallest absolute Gasteiger partial charge is 0.347 e. The molecule has 0 atom stereocenters. The van der Waals surface area contributed by atoms with E-state index in [9.17, 15) is 9.59 Å². The normalized spacial score (nSPS) is 10.7. The van der Waals surface area contributed by atoms with Crippen LogP contribution in [0.4, 0.5) is 5.69 Å². The second-order valence-electron chi connectivity index (χ2n) is 5.90. The standard InChI is InChI=1S/C21H21NO4/c1-4-22(5-2)16-9-6-15-12-18(21(24)26-19(15)13-16)20(23)14-7-10-17(25-3)11-8-14/h6-13H,4-5H2,1-3H3. The van der Waals surface area contributed by atoms with E-state index in [1.807, 2.05) is 18.2 Å². The van der Waals surface area contributed by atoms with Crippen LogP contribution in [0.15, 0.2) is 57.7 Å². The van der Waals surface area contributed by atoms with Gasteiger partial charge in [-0.2, -0.15) is 0 Å². The van der Waals surface area contributed by atoms with Gasteiger partial charge in [-0.1, -0.05) is 0 Å². The number of nitrogens with zero attached hydrogens (tertiary/aromatic N) is 1. The van der Waals surface area contributed by atoms with Gasteiger partial charge in [-0.25, -0.2) is 4.79 Å². The molecule has 5 heteroatoms. The lowest BCUT2D eigenvalue weighted by atomic mass is 10.0. The lowest BCUT2D eigenvalue weighted by Gasteiger charge is -2.20. The Morgan fingerprint density at radius 2 is 1.73 bits per heavy atom. The first kappa shape index (κ1) is 17.7. The topological polar surface area (TPSA) is 59.8 Å². The molecule has 1 aromatic heterocycles. The Labute approximate surface area is 151 Å². The van der Waals surface area contributed by atoms with Gasteiger partial charge in [-0.3, -0.25) is 4.79 Å². The number of methoxy groups -OCH3 is 1. The third-order valence-corrected chi connectivity index (χ3v) is 4.44. The van der Waals surface area contributed by atoms with E-state index in [0.29, 0.717) is 16.9 Å². The minimum Gasteiger partial charge on any atom is -0.497 e. The van der Waals surface area contributed by atoms with Crippen molar-refractivity contribution in [3.8, 4) is 5.75 Å². The van der Waals surface area contributed by atoms with Crippen molar-refractivity contribution in [1.29, 1.82) is 0 Å². The first-order chi connectivity index (χ1) is 12.6. The summed E-state index contributed by atoms with van der Waals surface area (Å²) in [6.07, 6.45) is 0. The van der Waals surface area contributed by atoms with Gasteiger partial charge >= 0.3 is 5.63 Å². The van der Waals surface area contributed by atoms with E-state index < -0.39 is 5.63 Å². The molecular weight excluding hydrogens is 330 g/mol. The Bertz CT molecular complexity index is 985. The molecule has 134 valence electrons. The van der Waals surface area contributed by atoms with E-state index in [1.54, 1.807) is 37.4 Å². The number of ether oxygens (including phenoxy) is 1. The molecule has 1 heterocycles. The fourth-order valence-electron chi connectivity index (χ4n) is 2.94. The SMILES string of the molecule is CCN(CC)c1ccc2cc(C(=O)c3ccc(OC)cc3)c(=O)oc2c1. The molecule has 0 aliphatic rings. The van der Waals surface area contributed by atoms with Gasteiger partial charge in [0, 0.05) is 35.8 Å². The molecule has 3 rings (SSSR count). The predicted molar refractivity (Wildman–Crippen MR) is 102 cm³/mol. The number of hydrogen-bond acceptors (Lipinski definition) is 5. The molecule has 0 saturated heterocycles. The van der Waals surface area contributed by atoms with Crippen LogP contribution in [0, 0.1) is 0 Å². The maximum absolute atomic E-state index is 12.7. The maximum atomic E-state index is 12.7. The van der Waals surface area contributed by atoms with Crippen LogP contribution in [-0.2, 0) is 0 Å². The molecule has 0 N–H and O–H groups in total. The molecular formula is C21H21NO4. The van der Waals surface area contributed by atoms with Crippen molar-refractivity contribution in [2.24, 2.45) is 0 Å². The molecule has 0 aliphatic heterocycles. The van der Waals surface area contributed by atoms with Gasteiger partial charge in [-0.05, 0) is 56.3 Å². The maximum Gasteiger partial charge on any atom is 0.347 e. The molecule has 0 bridgehead atoms. The largest absolute Gasteiger partial charge is 0.497 e. The Kier molecular flexibility index (Phi) is 5.07. The first-order valence-corrected chi connectivity index (χ1v) is 8.59. The van der Waals surface area contributed by atoms with Crippen molar-refractivity contribution in [2.75, 3.05) is 25.1 Å². The van der Waals surface area contributed by atoms with Crippen molar-refractivity contribution in [3.05, 3.63) is 70.1 Å². The Morgan fingerprint density at radius 3 is 2.35 bits per heavy atom. The number of anilines is 1. The summed E-state index contributed by atoms with van der Waals surface area (Å²) in [6, 6.07) is 13.9. The molecule has 0 spiro atoms. The summed E-state index contributed by atoms with van der Waals surface area (Å²) in [7, 11) is 1.56. The van der Waals surface area contributed by atoms with Crippen LogP contribution >= 0.6 is 0 Å². The number of fused-ring (bicyclic) bond motifs is 1. The number of ketones is 1. The van der Waals surface area contributed by atoms with E-state index in [4.69, 9.17) is 9.15 Å². The van der Waals surface area contributed by atoms with Gasteiger partial charge in [0.05, 0.1) is 7.11 Å². The molecule has 3 aromatic rings. The second-order valence-corrected chi connectivity index (χ2v) is 5.90. The average molecular weight is 351 g/mol. The number of carbonyl (C=O) groups excluding carboxylic acids is 1. The van der Waals surface area contributed by atoms with E-state index in [1.165, 1.54) is 0 Å². The summed E-state index contributed by atoms with van der Waals surface area (Å²) in [6.45, 7) is 5.86. The van der Waals surface area contributed by atoms with Crippen LogP contribution in [0.2, 0.25) is 0 Å². The minimum absolute atomic E-state index is 0.0262. The van der Waals surface area contributed by atoms with Gasteiger partial charge in [0.15, 0.2) is 5.78 Å². The van der Waals surface area contributed by atoms with Crippen molar-refractivity contribution in [3.63, 3.8) is 0 Å². The van der Waals surface area contributed by atoms with Gasteiger partial charge < -0.3 is 14.1 Å². The zero-order valence-electron chi connectivity index (χ0n) is 15.1. The summed E-state index contributed by atoms with van der Waals surface area (Å²) in [5.74, 6) is 0.284. The first-order valence-electron chi connectivity index (χ1n) is 8.59. The third-order valence-electron chi connectivity index (χ3n) is 4.44. The van der Waals surface area contributed by atoms with Gasteiger partial charge in [0.2, 0.25) is 0 Å². The average Bonchev–Trinajstić information content (AvgIpc) is 2.68. The molecule has 0 radical (unpaired) electrons. The Hall–Kier alpha value is -3.08. The van der Waals surface area contributed by atoms with Crippen LogP contribution < -0.4 is 15.3 Å². The number of hydrogen-bond donors (Lipinski definition) is 0. The minimum atomic E-state index is -0.630. The van der Waals surface area contributed by atoms with Crippen LogP contribution in [-0.4, -0.2) is 26.0 Å². The van der Waals surface area contributed by atoms with Crippen LogP contribution in [0.5, 0.6) is 5.75 Å². The highest BCUT2D eigenvalue weighted by molar-refractivity contribution is 6.09. The van der Waals surface area contributed by atoms with Crippen molar-refractivity contribution < 1.29 is 13.9 Å². The van der Waals surface area contributed by atoms with Crippen molar-refractivity contribution in [1.82, 2.24) is 0 Å². The Morgan fingerprint density at radius 1 is 1.04 bits per heavy atom. The number of benzene rings is 2. The van der Waals surface area contributed by atoms with E-state index in [2.05, 4.69) is 18.7 Å². The quantitative estimate of drug-likeness (QED) is 0.498. The second kappa shape index (κ2) is 7.44. The fourth-order valence-corrected chi connectivity index (χ4v) is 2.94. The fraction of sp³-hybridized carbons (Fsp3) is 0.238. The van der Waals surface area contributed by atoms with E-state index in [-0.39, 0.29) is 11.3 Å². The molecule has 0 aliphatic carbocycles. The van der Waals surface area contributed by atoms with E-state index in [0.717, 1.165) is 24.2 Å². The zero-order chi connectivity index (χ0) is 18.7. The number of carbonyl (C=O) groups is 1. The Balaban J connectivity index is 2.01. The molecule has 0 unspecified atom stereocenters. The predicted octanol–water partition coefficient (Wildman–Crippen LogP) is 3.88. The van der Waals surface area contributed by atoms with Crippen molar-refractivity contribution in [2.45, 2.75) is 13.8 Å². The summed E-state index contributed by atoms with van der Waals surface area (Å²) < 4.78 is 10.5. The summed E-state index contributed by atoms with van der Waals surface area (Å²) in [5, 5.41) is 0.720. The zero-order valence-corrected chi connectivity index (χ0v) is 15.1. The highest BCUT2D eigenvalue weighted by Crippen LogP contribution is 2.23. The summed E-state index contributed by atoms with van der Waals surface area (Å²) in [4.78, 5) is 27.2. The highest BCUT2D eigenvalue weighted by atomic mass is 16.5. The van der Waals surface area contributed by atoms with Gasteiger partial charge in [-0.15, -0.1) is 0 Å². The third kappa shape index (κ3) is 3.33. The molecule has 5 nitrogen and oxygen atoms in total. The number of rotatable bonds is 6. The summed E-state index contributed by atoms with van der Waals surface area (Å²) >= 11 is 0. The van der Waals surface area contributed by atoms with Crippen molar-refractivity contribution >= 4 is 22.4 Å². The monoisotopic (exact) mass is 351 g/mol. The highest BCUT2D eigenvalue weighted by Gasteiger charge is 2.16. The van der Waals surface area contributed by atoms with Crippen LogP contribution in [0.1, 0.15) is 29.8 Å². The van der Waals surface area contributed by atoms with E-state index >= 15 is 0 Å². The molecule has 0 saturated carbocycles. The lowest BCUT2D eigenvalue weighted by molar-refractivity contribution is 0.103. The van der Waals surface area contributed by atoms with Crippen LogP contribution in [0.3, 0.4) is 0 Å². The molecule has 0 fully saturated rings.